The van der Waals surface area contributed by atoms with Crippen LogP contribution >= 0.6 is 0 Å². The van der Waals surface area contributed by atoms with Gasteiger partial charge in [0.05, 0.1) is 10.8 Å². The number of hydrogen-bond acceptors (Lipinski definition) is 6. The lowest BCUT2D eigenvalue weighted by Crippen LogP contribution is -2.57. The molecule has 2 aliphatic rings. The van der Waals surface area contributed by atoms with Crippen molar-refractivity contribution in [2.75, 3.05) is 39.3 Å². The number of piperidine rings is 1. The number of nitro benzene ring substituents is 1. The topological polar surface area (TPSA) is 96.2 Å². The molecule has 0 spiro atoms. The van der Waals surface area contributed by atoms with Gasteiger partial charge in [-0.05, 0) is 31.4 Å². The molecule has 0 bridgehead atoms. The molecule has 2 heterocycles. The third kappa shape index (κ3) is 6.16. The molecule has 0 N–H and O–H groups in total. The highest BCUT2D eigenvalue weighted by Crippen LogP contribution is 2.26. The van der Waals surface area contributed by atoms with Crippen LogP contribution in [0, 0.1) is 16.0 Å². The lowest BCUT2D eigenvalue weighted by atomic mass is 9.95. The molecule has 2 saturated heterocycles. The Hall–Kier alpha value is -3.46. The van der Waals surface area contributed by atoms with Crippen LogP contribution in [0.3, 0.4) is 0 Å². The van der Waals surface area contributed by atoms with Gasteiger partial charge in [-0.15, -0.1) is 0 Å². The maximum atomic E-state index is 13.4. The first-order valence-corrected chi connectivity index (χ1v) is 12.1. The van der Waals surface area contributed by atoms with E-state index in [1.165, 1.54) is 17.7 Å². The molecular formula is C26H32N4O5. The zero-order valence-electron chi connectivity index (χ0n) is 20.0. The molecule has 186 valence electrons. The van der Waals surface area contributed by atoms with Gasteiger partial charge in [0.2, 0.25) is 5.91 Å². The fourth-order valence-corrected chi connectivity index (χ4v) is 4.95. The zero-order chi connectivity index (χ0) is 24.8. The lowest BCUT2D eigenvalue weighted by molar-refractivity contribution is -0.385. The summed E-state index contributed by atoms with van der Waals surface area (Å²) in [6.45, 7) is 5.90. The fraction of sp³-hybridized carbons (Fsp3) is 0.462. The minimum atomic E-state index is -0.532. The first-order chi connectivity index (χ1) is 16.9. The molecule has 2 fully saturated rings. The SMILES string of the molecule is CC1CN(Cc2ccccc2)CCN1C(=O)C1CCCN(C(=O)COc2ccccc2[N+](=O)[O-])C1. The van der Waals surface area contributed by atoms with E-state index in [0.717, 1.165) is 32.5 Å². The third-order valence-electron chi connectivity index (χ3n) is 6.78. The summed E-state index contributed by atoms with van der Waals surface area (Å²) in [7, 11) is 0. The molecule has 0 radical (unpaired) electrons. The molecule has 2 amide bonds. The molecule has 9 nitrogen and oxygen atoms in total. The Balaban J connectivity index is 1.29. The van der Waals surface area contributed by atoms with Gasteiger partial charge in [0.15, 0.2) is 12.4 Å². The molecule has 9 heteroatoms. The highest BCUT2D eigenvalue weighted by atomic mass is 16.6. The van der Waals surface area contributed by atoms with E-state index in [1.807, 2.05) is 23.1 Å². The molecule has 2 atom stereocenters. The van der Waals surface area contributed by atoms with Crippen LogP contribution in [0.4, 0.5) is 5.69 Å². The maximum absolute atomic E-state index is 13.4. The number of amides is 2. The Kier molecular flexibility index (Phi) is 7.97. The van der Waals surface area contributed by atoms with E-state index in [0.29, 0.717) is 19.6 Å². The Morgan fingerprint density at radius 1 is 1.03 bits per heavy atom. The molecule has 2 aromatic rings. The quantitative estimate of drug-likeness (QED) is 0.447. The van der Waals surface area contributed by atoms with Crippen molar-refractivity contribution in [3.05, 3.63) is 70.3 Å². The predicted molar refractivity (Wildman–Crippen MR) is 131 cm³/mol. The summed E-state index contributed by atoms with van der Waals surface area (Å²) in [5.41, 5.74) is 1.09. The highest BCUT2D eigenvalue weighted by Gasteiger charge is 2.35. The molecular weight excluding hydrogens is 448 g/mol. The predicted octanol–water partition coefficient (Wildman–Crippen LogP) is 2.95. The number of piperazine rings is 1. The minimum absolute atomic E-state index is 0.0673. The average Bonchev–Trinajstić information content (AvgIpc) is 2.88. The number of nitro groups is 1. The van der Waals surface area contributed by atoms with Gasteiger partial charge in [0, 0.05) is 51.4 Å². The summed E-state index contributed by atoms with van der Waals surface area (Å²) in [5, 5.41) is 11.2. The molecule has 0 saturated carbocycles. The van der Waals surface area contributed by atoms with Crippen LogP contribution in [0.2, 0.25) is 0 Å². The van der Waals surface area contributed by atoms with E-state index in [-0.39, 0.29) is 41.8 Å². The molecule has 0 aliphatic carbocycles. The van der Waals surface area contributed by atoms with Crippen molar-refractivity contribution >= 4 is 17.5 Å². The molecule has 2 unspecified atom stereocenters. The van der Waals surface area contributed by atoms with Gasteiger partial charge in [0.25, 0.3) is 5.91 Å². The average molecular weight is 481 g/mol. The van der Waals surface area contributed by atoms with Gasteiger partial charge < -0.3 is 14.5 Å². The summed E-state index contributed by atoms with van der Waals surface area (Å²) >= 11 is 0. The number of carbonyl (C=O) groups excluding carboxylic acids is 2. The van der Waals surface area contributed by atoms with Crippen molar-refractivity contribution in [2.45, 2.75) is 32.4 Å². The van der Waals surface area contributed by atoms with Crippen LogP contribution in [0.25, 0.3) is 0 Å². The second-order valence-corrected chi connectivity index (χ2v) is 9.29. The van der Waals surface area contributed by atoms with Crippen molar-refractivity contribution in [3.8, 4) is 5.75 Å². The monoisotopic (exact) mass is 480 g/mol. The van der Waals surface area contributed by atoms with Crippen LogP contribution in [0.15, 0.2) is 54.6 Å². The Morgan fingerprint density at radius 2 is 1.77 bits per heavy atom. The Labute approximate surface area is 205 Å². The van der Waals surface area contributed by atoms with E-state index in [9.17, 15) is 19.7 Å². The van der Waals surface area contributed by atoms with E-state index in [2.05, 4.69) is 24.0 Å². The number of benzene rings is 2. The van der Waals surface area contributed by atoms with Crippen LogP contribution in [0.1, 0.15) is 25.3 Å². The number of hydrogen-bond donors (Lipinski definition) is 0. The van der Waals surface area contributed by atoms with E-state index in [1.54, 1.807) is 17.0 Å². The van der Waals surface area contributed by atoms with Gasteiger partial charge in [-0.1, -0.05) is 42.5 Å². The smallest absolute Gasteiger partial charge is 0.310 e. The molecule has 4 rings (SSSR count). The number of likely N-dealkylation sites (tertiary alicyclic amines) is 1. The molecule has 2 aliphatic heterocycles. The lowest BCUT2D eigenvalue weighted by Gasteiger charge is -2.42. The van der Waals surface area contributed by atoms with E-state index in [4.69, 9.17) is 4.74 Å². The van der Waals surface area contributed by atoms with Gasteiger partial charge in [-0.2, -0.15) is 0 Å². The number of ether oxygens (including phenoxy) is 1. The van der Waals surface area contributed by atoms with Gasteiger partial charge in [-0.3, -0.25) is 24.6 Å². The second kappa shape index (κ2) is 11.3. The van der Waals surface area contributed by atoms with E-state index < -0.39 is 4.92 Å². The number of rotatable bonds is 7. The van der Waals surface area contributed by atoms with Crippen LogP contribution in [-0.2, 0) is 16.1 Å². The highest BCUT2D eigenvalue weighted by molar-refractivity contribution is 5.82. The van der Waals surface area contributed by atoms with Crippen LogP contribution < -0.4 is 4.74 Å². The Morgan fingerprint density at radius 3 is 2.51 bits per heavy atom. The maximum Gasteiger partial charge on any atom is 0.310 e. The zero-order valence-corrected chi connectivity index (χ0v) is 20.0. The second-order valence-electron chi connectivity index (χ2n) is 9.29. The van der Waals surface area contributed by atoms with Gasteiger partial charge in [-0.25, -0.2) is 0 Å². The van der Waals surface area contributed by atoms with Crippen LogP contribution in [-0.4, -0.2) is 76.8 Å². The van der Waals surface area contributed by atoms with Gasteiger partial charge >= 0.3 is 5.69 Å². The van der Waals surface area contributed by atoms with Crippen molar-refractivity contribution < 1.29 is 19.2 Å². The van der Waals surface area contributed by atoms with E-state index >= 15 is 0 Å². The van der Waals surface area contributed by atoms with Crippen molar-refractivity contribution in [3.63, 3.8) is 0 Å². The van der Waals surface area contributed by atoms with Crippen LogP contribution in [0.5, 0.6) is 5.75 Å². The first-order valence-electron chi connectivity index (χ1n) is 12.1. The third-order valence-corrected chi connectivity index (χ3v) is 6.78. The van der Waals surface area contributed by atoms with Crippen molar-refractivity contribution in [1.29, 1.82) is 0 Å². The summed E-state index contributed by atoms with van der Waals surface area (Å²) in [6, 6.07) is 16.4. The van der Waals surface area contributed by atoms with Crippen molar-refractivity contribution in [2.24, 2.45) is 5.92 Å². The molecule has 35 heavy (non-hydrogen) atoms. The normalized spacial score (nSPS) is 20.9. The number of para-hydroxylation sites is 2. The molecule has 2 aromatic carbocycles. The summed E-state index contributed by atoms with van der Waals surface area (Å²) in [5.74, 6) is -0.324. The largest absolute Gasteiger partial charge is 0.477 e. The minimum Gasteiger partial charge on any atom is -0.477 e. The van der Waals surface area contributed by atoms with Crippen molar-refractivity contribution in [1.82, 2.24) is 14.7 Å². The standard InChI is InChI=1S/C26H32N4O5/c1-20-16-27(17-21-8-3-2-4-9-21)14-15-29(20)26(32)22-10-7-13-28(18-22)25(31)19-35-24-12-6-5-11-23(24)30(33)34/h2-6,8-9,11-12,20,22H,7,10,13-19H2,1H3. The first kappa shape index (κ1) is 24.7. The number of nitrogens with zero attached hydrogens (tertiary/aromatic N) is 4. The summed E-state index contributed by atoms with van der Waals surface area (Å²) in [6.07, 6.45) is 1.50. The molecule has 0 aromatic heterocycles. The Bertz CT molecular complexity index is 1050. The number of carbonyl (C=O) groups is 2. The van der Waals surface area contributed by atoms with Gasteiger partial charge in [0.1, 0.15) is 0 Å². The summed E-state index contributed by atoms with van der Waals surface area (Å²) < 4.78 is 5.47. The fourth-order valence-electron chi connectivity index (χ4n) is 4.95. The summed E-state index contributed by atoms with van der Waals surface area (Å²) in [4.78, 5) is 42.8.